The first kappa shape index (κ1) is 16.1. The molecule has 2 heterocycles. The number of benzene rings is 1. The monoisotopic (exact) mass is 337 g/mol. The van der Waals surface area contributed by atoms with Gasteiger partial charge in [0.1, 0.15) is 5.82 Å². The van der Waals surface area contributed by atoms with Crippen molar-refractivity contribution in [2.75, 3.05) is 12.3 Å². The Morgan fingerprint density at radius 1 is 1.26 bits per heavy atom. The smallest absolute Gasteiger partial charge is 0.154 e. The number of aromatic nitrogens is 2. The Kier molecular flexibility index (Phi) is 4.77. The highest BCUT2D eigenvalue weighted by Gasteiger charge is 2.30. The van der Waals surface area contributed by atoms with Crippen LogP contribution in [0.15, 0.2) is 36.7 Å². The highest BCUT2D eigenvalue weighted by Crippen LogP contribution is 2.19. The Labute approximate surface area is 135 Å². The van der Waals surface area contributed by atoms with Crippen molar-refractivity contribution >= 4 is 9.84 Å². The van der Waals surface area contributed by atoms with Gasteiger partial charge in [-0.1, -0.05) is 12.1 Å². The van der Waals surface area contributed by atoms with Crippen molar-refractivity contribution in [3.8, 4) is 0 Å². The summed E-state index contributed by atoms with van der Waals surface area (Å²) in [6.07, 6.45) is 5.20. The van der Waals surface area contributed by atoms with Crippen LogP contribution in [-0.4, -0.2) is 35.7 Å². The van der Waals surface area contributed by atoms with E-state index in [1.165, 1.54) is 12.1 Å². The van der Waals surface area contributed by atoms with Gasteiger partial charge in [0.25, 0.3) is 0 Å². The minimum absolute atomic E-state index is 0.249. The first-order chi connectivity index (χ1) is 11.0. The van der Waals surface area contributed by atoms with Gasteiger partial charge in [-0.25, -0.2) is 12.8 Å². The lowest BCUT2D eigenvalue weighted by atomic mass is 10.2. The SMILES string of the molecule is O=S1(=O)CCC[C@H]1CNCc1cnn(Cc2ccc(F)cc2)c1. The number of hydrogen-bond acceptors (Lipinski definition) is 4. The summed E-state index contributed by atoms with van der Waals surface area (Å²) < 4.78 is 38.2. The molecule has 1 N–H and O–H groups in total. The molecule has 5 nitrogen and oxygen atoms in total. The maximum atomic E-state index is 12.9. The van der Waals surface area contributed by atoms with Gasteiger partial charge in [0.2, 0.25) is 0 Å². The molecular formula is C16H20FN3O2S. The summed E-state index contributed by atoms with van der Waals surface area (Å²) in [5, 5.41) is 7.23. The molecule has 1 aromatic heterocycles. The highest BCUT2D eigenvalue weighted by molar-refractivity contribution is 7.92. The molecule has 1 aliphatic heterocycles. The van der Waals surface area contributed by atoms with E-state index in [0.29, 0.717) is 25.4 Å². The first-order valence-corrected chi connectivity index (χ1v) is 9.42. The molecule has 1 aromatic carbocycles. The second-order valence-corrected chi connectivity index (χ2v) is 8.34. The second-order valence-electron chi connectivity index (χ2n) is 5.93. The van der Waals surface area contributed by atoms with Crippen LogP contribution in [0.1, 0.15) is 24.0 Å². The van der Waals surface area contributed by atoms with Crippen molar-refractivity contribution < 1.29 is 12.8 Å². The van der Waals surface area contributed by atoms with E-state index >= 15 is 0 Å². The molecule has 0 radical (unpaired) electrons. The molecule has 0 amide bonds. The van der Waals surface area contributed by atoms with Crippen LogP contribution >= 0.6 is 0 Å². The predicted molar refractivity (Wildman–Crippen MR) is 86.2 cm³/mol. The maximum Gasteiger partial charge on any atom is 0.154 e. The van der Waals surface area contributed by atoms with Crippen LogP contribution in [-0.2, 0) is 22.9 Å². The largest absolute Gasteiger partial charge is 0.311 e. The van der Waals surface area contributed by atoms with Crippen molar-refractivity contribution in [1.29, 1.82) is 0 Å². The molecule has 7 heteroatoms. The van der Waals surface area contributed by atoms with Gasteiger partial charge in [-0.2, -0.15) is 5.10 Å². The van der Waals surface area contributed by atoms with E-state index < -0.39 is 9.84 Å². The lowest BCUT2D eigenvalue weighted by Gasteiger charge is -2.09. The average Bonchev–Trinajstić information content (AvgIpc) is 3.08. The fourth-order valence-corrected chi connectivity index (χ4v) is 4.63. The third-order valence-corrected chi connectivity index (χ3v) is 6.38. The molecule has 0 saturated carbocycles. The topological polar surface area (TPSA) is 64.0 Å². The number of nitrogens with one attached hydrogen (secondary N) is 1. The Hall–Kier alpha value is -1.73. The third kappa shape index (κ3) is 4.17. The minimum atomic E-state index is -2.89. The Balaban J connectivity index is 1.50. The zero-order valence-corrected chi connectivity index (χ0v) is 13.6. The standard InChI is InChI=1S/C16H20FN3O2S/c17-15-5-3-13(4-6-15)11-20-12-14(9-19-20)8-18-10-16-2-1-7-23(16,21)22/h3-6,9,12,16,18H,1-2,7-8,10-11H2/t16-/m0/s1. The Morgan fingerprint density at radius 2 is 2.04 bits per heavy atom. The van der Waals surface area contributed by atoms with Crippen LogP contribution < -0.4 is 5.32 Å². The van der Waals surface area contributed by atoms with Crippen LogP contribution in [0.3, 0.4) is 0 Å². The van der Waals surface area contributed by atoms with Gasteiger partial charge in [-0.15, -0.1) is 0 Å². The van der Waals surface area contributed by atoms with E-state index in [2.05, 4.69) is 10.4 Å². The van der Waals surface area contributed by atoms with Crippen LogP contribution in [0.25, 0.3) is 0 Å². The van der Waals surface area contributed by atoms with E-state index in [-0.39, 0.29) is 11.1 Å². The number of halogens is 1. The van der Waals surface area contributed by atoms with Gasteiger partial charge >= 0.3 is 0 Å². The van der Waals surface area contributed by atoms with E-state index in [9.17, 15) is 12.8 Å². The van der Waals surface area contributed by atoms with Gasteiger partial charge in [-0.3, -0.25) is 4.68 Å². The quantitative estimate of drug-likeness (QED) is 0.872. The summed E-state index contributed by atoms with van der Waals surface area (Å²) in [5.74, 6) is 0.0653. The number of sulfone groups is 1. The van der Waals surface area contributed by atoms with Crippen molar-refractivity contribution in [2.24, 2.45) is 0 Å². The summed E-state index contributed by atoms with van der Waals surface area (Å²) in [4.78, 5) is 0. The molecule has 1 aliphatic rings. The van der Waals surface area contributed by atoms with Crippen LogP contribution in [0.4, 0.5) is 4.39 Å². The van der Waals surface area contributed by atoms with Crippen molar-refractivity contribution in [1.82, 2.24) is 15.1 Å². The van der Waals surface area contributed by atoms with Gasteiger partial charge in [0.15, 0.2) is 9.84 Å². The summed E-state index contributed by atoms with van der Waals surface area (Å²) in [5.41, 5.74) is 1.98. The molecular weight excluding hydrogens is 317 g/mol. The highest BCUT2D eigenvalue weighted by atomic mass is 32.2. The van der Waals surface area contributed by atoms with Crippen molar-refractivity contribution in [2.45, 2.75) is 31.2 Å². The molecule has 3 rings (SSSR count). The van der Waals surface area contributed by atoms with Crippen LogP contribution in [0.5, 0.6) is 0 Å². The average molecular weight is 337 g/mol. The number of rotatable bonds is 6. The second kappa shape index (κ2) is 6.80. The lowest BCUT2D eigenvalue weighted by Crippen LogP contribution is -2.30. The summed E-state index contributed by atoms with van der Waals surface area (Å²) in [7, 11) is -2.89. The van der Waals surface area contributed by atoms with E-state index in [1.807, 2.05) is 6.20 Å². The summed E-state index contributed by atoms with van der Waals surface area (Å²) >= 11 is 0. The third-order valence-electron chi connectivity index (χ3n) is 4.11. The molecule has 1 fully saturated rings. The molecule has 1 atom stereocenters. The van der Waals surface area contributed by atoms with Gasteiger partial charge in [-0.05, 0) is 30.5 Å². The number of nitrogens with zero attached hydrogens (tertiary/aromatic N) is 2. The van der Waals surface area contributed by atoms with Gasteiger partial charge in [0.05, 0.1) is 23.7 Å². The molecule has 23 heavy (non-hydrogen) atoms. The van der Waals surface area contributed by atoms with Crippen LogP contribution in [0, 0.1) is 5.82 Å². The van der Waals surface area contributed by atoms with Crippen LogP contribution in [0.2, 0.25) is 0 Å². The van der Waals surface area contributed by atoms with Gasteiger partial charge in [0, 0.05) is 24.8 Å². The molecule has 124 valence electrons. The predicted octanol–water partition coefficient (Wildman–Crippen LogP) is 1.74. The summed E-state index contributed by atoms with van der Waals surface area (Å²) in [6, 6.07) is 6.34. The zero-order chi connectivity index (χ0) is 16.3. The molecule has 0 bridgehead atoms. The van der Waals surface area contributed by atoms with E-state index in [4.69, 9.17) is 0 Å². The molecule has 0 unspecified atom stereocenters. The zero-order valence-electron chi connectivity index (χ0n) is 12.8. The normalized spacial score (nSPS) is 20.0. The van der Waals surface area contributed by atoms with E-state index in [1.54, 1.807) is 23.0 Å². The maximum absolute atomic E-state index is 12.9. The Morgan fingerprint density at radius 3 is 2.74 bits per heavy atom. The molecule has 0 aliphatic carbocycles. The molecule has 2 aromatic rings. The van der Waals surface area contributed by atoms with Crippen molar-refractivity contribution in [3.63, 3.8) is 0 Å². The molecule has 0 spiro atoms. The minimum Gasteiger partial charge on any atom is -0.311 e. The van der Waals surface area contributed by atoms with Gasteiger partial charge < -0.3 is 5.32 Å². The van der Waals surface area contributed by atoms with Crippen molar-refractivity contribution in [3.05, 3.63) is 53.6 Å². The molecule has 1 saturated heterocycles. The number of hydrogen-bond donors (Lipinski definition) is 1. The summed E-state index contributed by atoms with van der Waals surface area (Å²) in [6.45, 7) is 1.66. The Bertz CT molecular complexity index is 756. The fraction of sp³-hybridized carbons (Fsp3) is 0.438. The fourth-order valence-electron chi connectivity index (χ4n) is 2.83. The first-order valence-electron chi connectivity index (χ1n) is 7.71. The van der Waals surface area contributed by atoms with E-state index in [0.717, 1.165) is 24.0 Å². The lowest BCUT2D eigenvalue weighted by molar-refractivity contribution is 0.574.